The summed E-state index contributed by atoms with van der Waals surface area (Å²) in [5.74, 6) is 3.25. The van der Waals surface area contributed by atoms with E-state index in [2.05, 4.69) is 45.0 Å². The second kappa shape index (κ2) is 7.80. The van der Waals surface area contributed by atoms with E-state index in [-0.39, 0.29) is 0 Å². The van der Waals surface area contributed by atoms with E-state index in [0.29, 0.717) is 18.1 Å². The average Bonchev–Trinajstić information content (AvgIpc) is 3.50. The number of rotatable bonds is 5. The van der Waals surface area contributed by atoms with Gasteiger partial charge in [-0.3, -0.25) is 0 Å². The third-order valence-electron chi connectivity index (χ3n) is 5.67. The Balaban J connectivity index is 1.21. The molecular weight excluding hydrogens is 404 g/mol. The maximum Gasteiger partial charge on any atom is 0.229 e. The lowest BCUT2D eigenvalue weighted by atomic mass is 10.3. The van der Waals surface area contributed by atoms with Crippen LogP contribution in [0.2, 0.25) is 0 Å². The van der Waals surface area contributed by atoms with Crippen molar-refractivity contribution < 1.29 is 0 Å². The second-order valence-corrected chi connectivity index (χ2v) is 7.69. The fraction of sp³-hybridized carbons (Fsp3) is 0.227. The Hall–Kier alpha value is -4.21. The lowest BCUT2D eigenvalue weighted by Gasteiger charge is -2.35. The number of piperazine rings is 1. The van der Waals surface area contributed by atoms with Gasteiger partial charge in [0, 0.05) is 32.4 Å². The molecule has 10 nitrogen and oxygen atoms in total. The number of benzene rings is 1. The molecule has 0 atom stereocenters. The quantitative estimate of drug-likeness (QED) is 0.393. The Morgan fingerprint density at radius 2 is 1.72 bits per heavy atom. The molecule has 1 aliphatic heterocycles. The summed E-state index contributed by atoms with van der Waals surface area (Å²) < 4.78 is 0. The predicted octanol–water partition coefficient (Wildman–Crippen LogP) is 2.56. The molecule has 6 rings (SSSR count). The topological polar surface area (TPSA) is 115 Å². The number of nitrogens with one attached hydrogen (secondary N) is 3. The SMILES string of the molecule is c1ccc(N2CCN(c3nc(NCc4nc5ccccc5[nH]4)c4[nH]cnc4n3)CC2)nc1. The van der Waals surface area contributed by atoms with Crippen molar-refractivity contribution in [3.8, 4) is 0 Å². The normalized spacial score (nSPS) is 14.4. The van der Waals surface area contributed by atoms with Gasteiger partial charge in [-0.2, -0.15) is 9.97 Å². The Kier molecular flexibility index (Phi) is 4.52. The van der Waals surface area contributed by atoms with Gasteiger partial charge in [0.25, 0.3) is 0 Å². The summed E-state index contributed by atoms with van der Waals surface area (Å²) in [4.78, 5) is 33.9. The zero-order valence-corrected chi connectivity index (χ0v) is 17.4. The summed E-state index contributed by atoms with van der Waals surface area (Å²) >= 11 is 0. The fourth-order valence-electron chi connectivity index (χ4n) is 4.02. The summed E-state index contributed by atoms with van der Waals surface area (Å²) in [6, 6.07) is 14.0. The molecule has 0 radical (unpaired) electrons. The Labute approximate surface area is 183 Å². The monoisotopic (exact) mass is 426 g/mol. The van der Waals surface area contributed by atoms with Crippen LogP contribution in [0.3, 0.4) is 0 Å². The summed E-state index contributed by atoms with van der Waals surface area (Å²) in [6.45, 7) is 3.87. The lowest BCUT2D eigenvalue weighted by Crippen LogP contribution is -2.47. The van der Waals surface area contributed by atoms with Crippen LogP contribution in [-0.4, -0.2) is 61.1 Å². The first-order chi connectivity index (χ1) is 15.8. The number of H-pyrrole nitrogens is 2. The molecule has 10 heteroatoms. The molecule has 1 fully saturated rings. The summed E-state index contributed by atoms with van der Waals surface area (Å²) in [5.41, 5.74) is 3.40. The molecule has 0 unspecified atom stereocenters. The standard InChI is InChI=1S/C22H22N10/c1-2-6-16-15(5-1)27-17(28-16)13-24-20-19-21(26-14-25-19)30-22(29-20)32-11-9-31(10-12-32)18-7-3-4-8-23-18/h1-8,14H,9-13H2,(H,27,28)(H2,24,25,26,29,30). The van der Waals surface area contributed by atoms with Gasteiger partial charge < -0.3 is 25.1 Å². The number of nitrogens with zero attached hydrogens (tertiary/aromatic N) is 7. The van der Waals surface area contributed by atoms with Crippen LogP contribution >= 0.6 is 0 Å². The Morgan fingerprint density at radius 3 is 2.56 bits per heavy atom. The average molecular weight is 426 g/mol. The van der Waals surface area contributed by atoms with Crippen LogP contribution in [0.4, 0.5) is 17.6 Å². The highest BCUT2D eigenvalue weighted by Crippen LogP contribution is 2.23. The highest BCUT2D eigenvalue weighted by Gasteiger charge is 2.22. The lowest BCUT2D eigenvalue weighted by molar-refractivity contribution is 0.636. The van der Waals surface area contributed by atoms with Crippen LogP contribution in [0, 0.1) is 0 Å². The van der Waals surface area contributed by atoms with Gasteiger partial charge >= 0.3 is 0 Å². The van der Waals surface area contributed by atoms with Crippen LogP contribution in [0.5, 0.6) is 0 Å². The number of aromatic nitrogens is 7. The molecule has 1 aliphatic rings. The first-order valence-corrected chi connectivity index (χ1v) is 10.6. The first-order valence-electron chi connectivity index (χ1n) is 10.6. The third kappa shape index (κ3) is 3.45. The van der Waals surface area contributed by atoms with E-state index in [1.807, 2.05) is 48.7 Å². The molecule has 0 saturated carbocycles. The minimum atomic E-state index is 0.521. The molecule has 0 bridgehead atoms. The van der Waals surface area contributed by atoms with Gasteiger partial charge in [-0.25, -0.2) is 15.0 Å². The fourth-order valence-corrected chi connectivity index (χ4v) is 4.02. The van der Waals surface area contributed by atoms with Crippen LogP contribution in [0.1, 0.15) is 5.82 Å². The Bertz CT molecular complexity index is 1320. The molecule has 3 N–H and O–H groups in total. The van der Waals surface area contributed by atoms with E-state index in [9.17, 15) is 0 Å². The molecule has 0 amide bonds. The number of aromatic amines is 2. The van der Waals surface area contributed by atoms with Gasteiger partial charge in [0.15, 0.2) is 11.5 Å². The molecule has 160 valence electrons. The maximum atomic E-state index is 4.82. The van der Waals surface area contributed by atoms with Crippen LogP contribution < -0.4 is 15.1 Å². The van der Waals surface area contributed by atoms with Crippen LogP contribution in [0.15, 0.2) is 55.0 Å². The predicted molar refractivity (Wildman–Crippen MR) is 124 cm³/mol. The number of anilines is 3. The smallest absolute Gasteiger partial charge is 0.229 e. The minimum Gasteiger partial charge on any atom is -0.361 e. The number of hydrogen-bond donors (Lipinski definition) is 3. The van der Waals surface area contributed by atoms with Crippen molar-refractivity contribution in [2.45, 2.75) is 6.54 Å². The summed E-state index contributed by atoms with van der Waals surface area (Å²) in [7, 11) is 0. The molecule has 32 heavy (non-hydrogen) atoms. The molecule has 1 aromatic carbocycles. The van der Waals surface area contributed by atoms with Crippen molar-refractivity contribution in [2.24, 2.45) is 0 Å². The third-order valence-corrected chi connectivity index (χ3v) is 5.67. The first kappa shape index (κ1) is 18.6. The maximum absolute atomic E-state index is 4.82. The van der Waals surface area contributed by atoms with Crippen molar-refractivity contribution in [1.29, 1.82) is 0 Å². The van der Waals surface area contributed by atoms with Gasteiger partial charge in [0.05, 0.1) is 23.9 Å². The van der Waals surface area contributed by atoms with Crippen molar-refractivity contribution in [3.63, 3.8) is 0 Å². The highest BCUT2D eigenvalue weighted by molar-refractivity contribution is 5.84. The molecule has 1 saturated heterocycles. The van der Waals surface area contributed by atoms with E-state index < -0.39 is 0 Å². The van der Waals surface area contributed by atoms with E-state index in [4.69, 9.17) is 4.98 Å². The number of pyridine rings is 1. The van der Waals surface area contributed by atoms with Crippen molar-refractivity contribution >= 4 is 39.8 Å². The van der Waals surface area contributed by atoms with Crippen molar-refractivity contribution in [1.82, 2.24) is 34.9 Å². The summed E-state index contributed by atoms with van der Waals surface area (Å²) in [5, 5.41) is 3.40. The van der Waals surface area contributed by atoms with E-state index in [0.717, 1.165) is 60.2 Å². The van der Waals surface area contributed by atoms with Crippen molar-refractivity contribution in [3.05, 3.63) is 60.8 Å². The van der Waals surface area contributed by atoms with Crippen LogP contribution in [-0.2, 0) is 6.54 Å². The number of fused-ring (bicyclic) bond motifs is 2. The number of imidazole rings is 2. The molecular formula is C22H22N10. The number of hydrogen-bond acceptors (Lipinski definition) is 8. The zero-order valence-electron chi connectivity index (χ0n) is 17.4. The molecule has 5 heterocycles. The largest absolute Gasteiger partial charge is 0.361 e. The van der Waals surface area contributed by atoms with E-state index in [1.54, 1.807) is 6.33 Å². The van der Waals surface area contributed by atoms with Gasteiger partial charge in [0.2, 0.25) is 5.95 Å². The zero-order chi connectivity index (χ0) is 21.3. The van der Waals surface area contributed by atoms with E-state index in [1.165, 1.54) is 0 Å². The Morgan fingerprint density at radius 1 is 0.875 bits per heavy atom. The second-order valence-electron chi connectivity index (χ2n) is 7.69. The number of para-hydroxylation sites is 2. The van der Waals surface area contributed by atoms with Gasteiger partial charge in [-0.05, 0) is 24.3 Å². The summed E-state index contributed by atoms with van der Waals surface area (Å²) in [6.07, 6.45) is 3.48. The van der Waals surface area contributed by atoms with E-state index >= 15 is 0 Å². The van der Waals surface area contributed by atoms with Crippen molar-refractivity contribution in [2.75, 3.05) is 41.3 Å². The molecule has 5 aromatic rings. The highest BCUT2D eigenvalue weighted by atomic mass is 15.3. The molecule has 0 spiro atoms. The van der Waals surface area contributed by atoms with Gasteiger partial charge in [0.1, 0.15) is 17.2 Å². The van der Waals surface area contributed by atoms with Gasteiger partial charge in [-0.15, -0.1) is 0 Å². The van der Waals surface area contributed by atoms with Gasteiger partial charge in [-0.1, -0.05) is 18.2 Å². The molecule has 0 aliphatic carbocycles. The molecule has 4 aromatic heterocycles. The van der Waals surface area contributed by atoms with Crippen LogP contribution in [0.25, 0.3) is 22.2 Å². The minimum absolute atomic E-state index is 0.521.